The fraction of sp³-hybridized carbons (Fsp3) is 0.375. The van der Waals surface area contributed by atoms with Gasteiger partial charge in [0.2, 0.25) is 5.82 Å². The van der Waals surface area contributed by atoms with Gasteiger partial charge < -0.3 is 10.8 Å². The highest BCUT2D eigenvalue weighted by Gasteiger charge is 2.12. The number of aromatic nitrogens is 1. The maximum Gasteiger partial charge on any atom is 0.311 e. The van der Waals surface area contributed by atoms with Crippen LogP contribution < -0.4 is 5.73 Å². The number of aliphatic hydroxyl groups is 1. The van der Waals surface area contributed by atoms with Crippen molar-refractivity contribution in [1.29, 1.82) is 0 Å². The molecule has 1 heterocycles. The van der Waals surface area contributed by atoms with E-state index in [1.54, 1.807) is 6.07 Å². The van der Waals surface area contributed by atoms with E-state index in [1.165, 1.54) is 17.8 Å². The smallest absolute Gasteiger partial charge is 0.311 e. The molecule has 6 nitrogen and oxygen atoms in total. The van der Waals surface area contributed by atoms with Crippen molar-refractivity contribution in [2.75, 3.05) is 18.1 Å². The molecular weight excluding hydrogens is 218 g/mol. The molecule has 0 aromatic carbocycles. The van der Waals surface area contributed by atoms with Crippen molar-refractivity contribution in [3.8, 4) is 0 Å². The van der Waals surface area contributed by atoms with E-state index >= 15 is 0 Å². The predicted molar refractivity (Wildman–Crippen MR) is 57.7 cm³/mol. The van der Waals surface area contributed by atoms with Gasteiger partial charge in [0.05, 0.1) is 9.95 Å². The fourth-order valence-corrected chi connectivity index (χ4v) is 1.73. The zero-order valence-electron chi connectivity index (χ0n) is 7.92. The second kappa shape index (κ2) is 5.52. The largest absolute Gasteiger partial charge is 0.396 e. The molecule has 15 heavy (non-hydrogen) atoms. The Morgan fingerprint density at radius 3 is 2.87 bits per heavy atom. The molecule has 0 saturated heterocycles. The Hall–Kier alpha value is -1.34. The number of hydrogen-bond acceptors (Lipinski definition) is 6. The summed E-state index contributed by atoms with van der Waals surface area (Å²) < 4.78 is 0. The van der Waals surface area contributed by atoms with E-state index in [1.807, 2.05) is 0 Å². The molecule has 0 spiro atoms. The number of nitrogen functional groups attached to an aromatic ring is 1. The van der Waals surface area contributed by atoms with Gasteiger partial charge >= 0.3 is 5.69 Å². The Balaban J connectivity index is 2.69. The second-order valence-electron chi connectivity index (χ2n) is 2.74. The summed E-state index contributed by atoms with van der Waals surface area (Å²) in [7, 11) is 0. The third-order valence-electron chi connectivity index (χ3n) is 1.63. The number of anilines is 1. The number of nitrogens with zero attached hydrogens (tertiary/aromatic N) is 2. The second-order valence-corrected chi connectivity index (χ2v) is 3.85. The molecule has 82 valence electrons. The molecule has 0 saturated carbocycles. The van der Waals surface area contributed by atoms with Gasteiger partial charge in [-0.2, -0.15) is 0 Å². The van der Waals surface area contributed by atoms with E-state index in [-0.39, 0.29) is 18.1 Å². The number of nitro groups is 1. The average molecular weight is 229 g/mol. The van der Waals surface area contributed by atoms with Crippen molar-refractivity contribution in [2.45, 2.75) is 11.4 Å². The van der Waals surface area contributed by atoms with Crippen LogP contribution in [0.15, 0.2) is 17.2 Å². The lowest BCUT2D eigenvalue weighted by atomic mass is 10.4. The van der Waals surface area contributed by atoms with Crippen LogP contribution in [0.3, 0.4) is 0 Å². The summed E-state index contributed by atoms with van der Waals surface area (Å²) in [6.45, 7) is 0.120. The van der Waals surface area contributed by atoms with Gasteiger partial charge in [-0.15, -0.1) is 11.8 Å². The first kappa shape index (κ1) is 11.7. The van der Waals surface area contributed by atoms with Gasteiger partial charge in [0.15, 0.2) is 0 Å². The molecule has 7 heteroatoms. The number of aliphatic hydroxyl groups excluding tert-OH is 1. The van der Waals surface area contributed by atoms with Crippen molar-refractivity contribution in [2.24, 2.45) is 0 Å². The van der Waals surface area contributed by atoms with Crippen LogP contribution >= 0.6 is 11.8 Å². The van der Waals surface area contributed by atoms with Crippen molar-refractivity contribution in [3.05, 3.63) is 22.2 Å². The minimum atomic E-state index is -0.565. The molecule has 1 aromatic heterocycles. The summed E-state index contributed by atoms with van der Waals surface area (Å²) in [4.78, 5) is 13.8. The number of pyridine rings is 1. The monoisotopic (exact) mass is 229 g/mol. The molecule has 0 radical (unpaired) electrons. The molecule has 0 aliphatic heterocycles. The van der Waals surface area contributed by atoms with E-state index in [4.69, 9.17) is 10.8 Å². The molecule has 1 rings (SSSR count). The van der Waals surface area contributed by atoms with E-state index in [0.29, 0.717) is 17.2 Å². The molecule has 0 bridgehead atoms. The molecule has 0 amide bonds. The van der Waals surface area contributed by atoms with Gasteiger partial charge in [-0.05, 0) is 12.5 Å². The highest BCUT2D eigenvalue weighted by atomic mass is 32.2. The molecule has 0 aliphatic carbocycles. The number of nitrogens with two attached hydrogens (primary N) is 1. The molecule has 0 unspecified atom stereocenters. The Morgan fingerprint density at radius 1 is 1.60 bits per heavy atom. The van der Waals surface area contributed by atoms with Crippen LogP contribution in [-0.4, -0.2) is 27.4 Å². The van der Waals surface area contributed by atoms with E-state index in [2.05, 4.69) is 4.98 Å². The number of thioether (sulfide) groups is 1. The summed E-state index contributed by atoms with van der Waals surface area (Å²) in [5.74, 6) is 0.634. The lowest BCUT2D eigenvalue weighted by molar-refractivity contribution is -0.384. The quantitative estimate of drug-likeness (QED) is 0.338. The number of rotatable bonds is 5. The molecular formula is C8H11N3O3S. The van der Waals surface area contributed by atoms with Gasteiger partial charge in [0, 0.05) is 18.4 Å². The summed E-state index contributed by atoms with van der Waals surface area (Å²) in [5.41, 5.74) is 5.23. The van der Waals surface area contributed by atoms with Gasteiger partial charge in [-0.3, -0.25) is 10.1 Å². The minimum absolute atomic E-state index is 0.0750. The Labute approximate surface area is 90.7 Å². The maximum atomic E-state index is 10.4. The minimum Gasteiger partial charge on any atom is -0.396 e. The van der Waals surface area contributed by atoms with Crippen LogP contribution in [0, 0.1) is 10.1 Å². The Kier molecular flexibility index (Phi) is 4.32. The van der Waals surface area contributed by atoms with E-state index < -0.39 is 4.92 Å². The van der Waals surface area contributed by atoms with Crippen molar-refractivity contribution >= 4 is 23.3 Å². The zero-order valence-corrected chi connectivity index (χ0v) is 8.74. The van der Waals surface area contributed by atoms with Gasteiger partial charge in [-0.25, -0.2) is 4.98 Å². The normalized spacial score (nSPS) is 10.2. The SMILES string of the molecule is Nc1nc(SCCCO)ccc1[N+](=O)[O-]. The van der Waals surface area contributed by atoms with Crippen molar-refractivity contribution in [1.82, 2.24) is 4.98 Å². The first-order valence-corrected chi connectivity index (χ1v) is 5.28. The first-order chi connectivity index (χ1) is 7.15. The molecule has 1 aromatic rings. The van der Waals surface area contributed by atoms with Crippen LogP contribution in [0.1, 0.15) is 6.42 Å². The van der Waals surface area contributed by atoms with Crippen LogP contribution in [0.2, 0.25) is 0 Å². The summed E-state index contributed by atoms with van der Waals surface area (Å²) in [6.07, 6.45) is 0.656. The highest BCUT2D eigenvalue weighted by Crippen LogP contribution is 2.24. The summed E-state index contributed by atoms with van der Waals surface area (Å²) >= 11 is 1.41. The van der Waals surface area contributed by atoms with E-state index in [0.717, 1.165) is 0 Å². The lowest BCUT2D eigenvalue weighted by Crippen LogP contribution is -1.99. The molecule has 3 N–H and O–H groups in total. The third-order valence-corrected chi connectivity index (χ3v) is 2.64. The zero-order chi connectivity index (χ0) is 11.3. The van der Waals surface area contributed by atoms with Crippen LogP contribution in [0.25, 0.3) is 0 Å². The number of hydrogen-bond donors (Lipinski definition) is 2. The molecule has 0 aliphatic rings. The van der Waals surface area contributed by atoms with Gasteiger partial charge in [0.1, 0.15) is 0 Å². The third kappa shape index (κ3) is 3.37. The summed E-state index contributed by atoms with van der Waals surface area (Å²) in [5, 5.41) is 19.6. The Morgan fingerprint density at radius 2 is 2.33 bits per heavy atom. The molecule has 0 atom stereocenters. The van der Waals surface area contributed by atoms with Crippen LogP contribution in [0.5, 0.6) is 0 Å². The van der Waals surface area contributed by atoms with Crippen molar-refractivity contribution in [3.63, 3.8) is 0 Å². The fourth-order valence-electron chi connectivity index (χ4n) is 0.925. The standard InChI is InChI=1S/C8H11N3O3S/c9-8-6(11(13)14)2-3-7(10-8)15-5-1-4-12/h2-3,12H,1,4-5H2,(H2,9,10). The first-order valence-electron chi connectivity index (χ1n) is 4.29. The molecule has 0 fully saturated rings. The topological polar surface area (TPSA) is 102 Å². The Bertz CT molecular complexity index is 359. The lowest BCUT2D eigenvalue weighted by Gasteiger charge is -2.01. The van der Waals surface area contributed by atoms with Crippen LogP contribution in [-0.2, 0) is 0 Å². The summed E-state index contributed by atoms with van der Waals surface area (Å²) in [6, 6.07) is 2.89. The average Bonchev–Trinajstić information content (AvgIpc) is 2.17. The predicted octanol–water partition coefficient (Wildman–Crippen LogP) is 1.05. The maximum absolute atomic E-state index is 10.4. The van der Waals surface area contributed by atoms with Crippen LogP contribution in [0.4, 0.5) is 11.5 Å². The van der Waals surface area contributed by atoms with E-state index in [9.17, 15) is 10.1 Å². The van der Waals surface area contributed by atoms with Gasteiger partial charge in [-0.1, -0.05) is 0 Å². The van der Waals surface area contributed by atoms with Gasteiger partial charge in [0.25, 0.3) is 0 Å². The highest BCUT2D eigenvalue weighted by molar-refractivity contribution is 7.99. The van der Waals surface area contributed by atoms with Crippen molar-refractivity contribution < 1.29 is 10.0 Å².